The summed E-state index contributed by atoms with van der Waals surface area (Å²) in [5, 5.41) is 6.31. The summed E-state index contributed by atoms with van der Waals surface area (Å²) in [5.41, 5.74) is 2.40. The monoisotopic (exact) mass is 348 g/mol. The highest BCUT2D eigenvalue weighted by atomic mass is 35.5. The topological polar surface area (TPSA) is 72.3 Å². The summed E-state index contributed by atoms with van der Waals surface area (Å²) in [7, 11) is 0. The Balaban J connectivity index is 2.30. The van der Waals surface area contributed by atoms with Crippen LogP contribution in [-0.4, -0.2) is 26.2 Å². The number of terminal acetylenes is 1. The Morgan fingerprint density at radius 1 is 1.57 bits per heavy atom. The van der Waals surface area contributed by atoms with Crippen molar-refractivity contribution >= 4 is 28.6 Å². The number of hydrogen-bond donors (Lipinski definition) is 1. The molecule has 3 heterocycles. The molecule has 0 atom stereocenters. The summed E-state index contributed by atoms with van der Waals surface area (Å²) in [5.74, 6) is 2.45. The summed E-state index contributed by atoms with van der Waals surface area (Å²) >= 11 is 7.46. The lowest BCUT2D eigenvalue weighted by molar-refractivity contribution is 0.337. The molecule has 1 N–H and O–H groups in total. The van der Waals surface area contributed by atoms with E-state index in [2.05, 4.69) is 21.0 Å². The van der Waals surface area contributed by atoms with Gasteiger partial charge in [-0.25, -0.2) is 4.79 Å². The molecule has 8 heteroatoms. The van der Waals surface area contributed by atoms with Crippen molar-refractivity contribution in [2.75, 3.05) is 6.61 Å². The van der Waals surface area contributed by atoms with Crippen molar-refractivity contribution in [1.82, 2.24) is 19.6 Å². The Hall–Kier alpha value is -2.30. The quantitative estimate of drug-likeness (QED) is 0.736. The van der Waals surface area contributed by atoms with Crippen LogP contribution in [0.2, 0.25) is 4.34 Å². The van der Waals surface area contributed by atoms with E-state index < -0.39 is 5.69 Å². The first kappa shape index (κ1) is 15.6. The maximum absolute atomic E-state index is 12.2. The predicted octanol–water partition coefficient (Wildman–Crippen LogP) is 2.93. The summed E-state index contributed by atoms with van der Waals surface area (Å²) < 4.78 is 7.13. The molecule has 0 saturated heterocycles. The molecule has 0 spiro atoms. The van der Waals surface area contributed by atoms with Gasteiger partial charge in [-0.2, -0.15) is 14.6 Å². The summed E-state index contributed by atoms with van der Waals surface area (Å²) in [6.45, 7) is 4.02. The number of aromatic nitrogens is 4. The average molecular weight is 349 g/mol. The predicted molar refractivity (Wildman–Crippen MR) is 90.3 cm³/mol. The number of rotatable bonds is 4. The van der Waals surface area contributed by atoms with Gasteiger partial charge in [0.15, 0.2) is 12.3 Å². The first-order chi connectivity index (χ1) is 11.0. The van der Waals surface area contributed by atoms with Crippen LogP contribution in [0.5, 0.6) is 6.01 Å². The Bertz CT molecular complexity index is 964. The first-order valence-electron chi connectivity index (χ1n) is 6.85. The maximum Gasteiger partial charge on any atom is 0.352 e. The van der Waals surface area contributed by atoms with Gasteiger partial charge >= 0.3 is 11.7 Å². The number of aromatic amines is 1. The number of nitrogens with zero attached hydrogens (tertiary/aromatic N) is 3. The summed E-state index contributed by atoms with van der Waals surface area (Å²) in [4.78, 5) is 19.1. The Morgan fingerprint density at radius 2 is 2.35 bits per heavy atom. The fourth-order valence-electron chi connectivity index (χ4n) is 2.24. The molecule has 0 radical (unpaired) electrons. The van der Waals surface area contributed by atoms with Crippen LogP contribution >= 0.6 is 22.9 Å². The fourth-order valence-corrected chi connectivity index (χ4v) is 3.11. The van der Waals surface area contributed by atoms with Gasteiger partial charge in [-0.1, -0.05) is 31.4 Å². The zero-order valence-electron chi connectivity index (χ0n) is 12.5. The van der Waals surface area contributed by atoms with Crippen LogP contribution in [0.4, 0.5) is 0 Å². The van der Waals surface area contributed by atoms with Crippen LogP contribution in [0.15, 0.2) is 16.2 Å². The highest BCUT2D eigenvalue weighted by molar-refractivity contribution is 7.14. The molecule has 118 valence electrons. The van der Waals surface area contributed by atoms with Crippen molar-refractivity contribution in [2.45, 2.75) is 19.8 Å². The molecule has 3 aromatic heterocycles. The van der Waals surface area contributed by atoms with Crippen molar-refractivity contribution in [1.29, 1.82) is 0 Å². The Kier molecular flexibility index (Phi) is 4.11. The van der Waals surface area contributed by atoms with Gasteiger partial charge in [-0.15, -0.1) is 17.8 Å². The van der Waals surface area contributed by atoms with Gasteiger partial charge in [-0.3, -0.25) is 4.98 Å². The van der Waals surface area contributed by atoms with Crippen molar-refractivity contribution in [3.8, 4) is 29.5 Å². The highest BCUT2D eigenvalue weighted by Crippen LogP contribution is 2.35. The molecule has 0 unspecified atom stereocenters. The smallest absolute Gasteiger partial charge is 0.352 e. The van der Waals surface area contributed by atoms with Crippen molar-refractivity contribution in [2.24, 2.45) is 0 Å². The lowest BCUT2D eigenvalue weighted by Gasteiger charge is -2.04. The van der Waals surface area contributed by atoms with Crippen LogP contribution in [-0.2, 0) is 0 Å². The van der Waals surface area contributed by atoms with E-state index in [9.17, 15) is 4.79 Å². The van der Waals surface area contributed by atoms with Gasteiger partial charge in [-0.05, 0) is 17.5 Å². The van der Waals surface area contributed by atoms with Crippen LogP contribution in [0.25, 0.3) is 16.8 Å². The number of fused-ring (bicyclic) bond motifs is 1. The summed E-state index contributed by atoms with van der Waals surface area (Å²) in [6, 6.07) is 1.90. The van der Waals surface area contributed by atoms with E-state index in [0.29, 0.717) is 9.98 Å². The average Bonchev–Trinajstić information content (AvgIpc) is 3.08. The van der Waals surface area contributed by atoms with E-state index in [1.807, 2.05) is 25.3 Å². The minimum absolute atomic E-state index is 0.0178. The van der Waals surface area contributed by atoms with Gasteiger partial charge < -0.3 is 4.74 Å². The standard InChI is InChI=1S/C15H13ClN4O2S/c1-4-5-22-14-17-13-11(9-6-10(16)23-7-9)12(8(2)3)19-20(13)15(21)18-14/h1,6-8H,5H2,2-3H3,(H,17,18,21). The zero-order chi connectivity index (χ0) is 16.6. The SMILES string of the molecule is C#CCOc1nc2c(-c3csc(Cl)c3)c(C(C)C)nn2c(=O)[nH]1. The minimum Gasteiger partial charge on any atom is -0.451 e. The second-order valence-electron chi connectivity index (χ2n) is 5.13. The van der Waals surface area contributed by atoms with E-state index >= 15 is 0 Å². The number of halogens is 1. The molecule has 6 nitrogen and oxygen atoms in total. The van der Waals surface area contributed by atoms with Gasteiger partial charge in [0.25, 0.3) is 0 Å². The van der Waals surface area contributed by atoms with Gasteiger partial charge in [0.05, 0.1) is 15.6 Å². The molecule has 0 aromatic carbocycles. The number of ether oxygens (including phenoxy) is 1. The molecule has 0 aliphatic rings. The van der Waals surface area contributed by atoms with Gasteiger partial charge in [0, 0.05) is 5.38 Å². The number of H-pyrrole nitrogens is 1. The van der Waals surface area contributed by atoms with Gasteiger partial charge in [0.1, 0.15) is 0 Å². The van der Waals surface area contributed by atoms with Crippen molar-refractivity contribution < 1.29 is 4.74 Å². The van der Waals surface area contributed by atoms with Crippen molar-refractivity contribution in [3.63, 3.8) is 0 Å². The Morgan fingerprint density at radius 3 is 2.96 bits per heavy atom. The number of hydrogen-bond acceptors (Lipinski definition) is 5. The summed E-state index contributed by atoms with van der Waals surface area (Å²) in [6.07, 6.45) is 5.17. The molecule has 0 fully saturated rings. The largest absolute Gasteiger partial charge is 0.451 e. The lowest BCUT2D eigenvalue weighted by atomic mass is 10.0. The maximum atomic E-state index is 12.2. The van der Waals surface area contributed by atoms with Crippen molar-refractivity contribution in [3.05, 3.63) is 32.0 Å². The van der Waals surface area contributed by atoms with E-state index in [4.69, 9.17) is 22.8 Å². The van der Waals surface area contributed by atoms with E-state index in [0.717, 1.165) is 16.8 Å². The third-order valence-corrected chi connectivity index (χ3v) is 4.29. The zero-order valence-corrected chi connectivity index (χ0v) is 14.0. The molecule has 3 rings (SSSR count). The van der Waals surface area contributed by atoms with Gasteiger partial charge in [0.2, 0.25) is 0 Å². The molecule has 0 bridgehead atoms. The third kappa shape index (κ3) is 2.83. The number of thiophene rings is 1. The molecule has 0 aliphatic carbocycles. The molecule has 23 heavy (non-hydrogen) atoms. The molecule has 3 aromatic rings. The van der Waals surface area contributed by atoms with E-state index in [1.54, 1.807) is 0 Å². The molecular formula is C15H13ClN4O2S. The first-order valence-corrected chi connectivity index (χ1v) is 8.10. The molecule has 0 saturated carbocycles. The van der Waals surface area contributed by atoms with E-state index in [1.165, 1.54) is 15.9 Å². The highest BCUT2D eigenvalue weighted by Gasteiger charge is 2.21. The number of nitrogens with one attached hydrogen (secondary N) is 1. The lowest BCUT2D eigenvalue weighted by Crippen LogP contribution is -2.20. The molecular weight excluding hydrogens is 336 g/mol. The second kappa shape index (κ2) is 6.07. The molecule has 0 aliphatic heterocycles. The van der Waals surface area contributed by atoms with Crippen LogP contribution in [0, 0.1) is 12.3 Å². The normalized spacial score (nSPS) is 11.1. The van der Waals surface area contributed by atoms with Crippen LogP contribution in [0.1, 0.15) is 25.5 Å². The minimum atomic E-state index is -0.434. The molecule has 0 amide bonds. The second-order valence-corrected chi connectivity index (χ2v) is 6.67. The van der Waals surface area contributed by atoms with E-state index in [-0.39, 0.29) is 18.5 Å². The fraction of sp³-hybridized carbons (Fsp3) is 0.267. The van der Waals surface area contributed by atoms with Crippen LogP contribution < -0.4 is 10.4 Å². The third-order valence-electron chi connectivity index (χ3n) is 3.20. The van der Waals surface area contributed by atoms with Crippen LogP contribution in [0.3, 0.4) is 0 Å². The Labute approximate surface area is 141 Å².